The third-order valence-corrected chi connectivity index (χ3v) is 4.49. The second kappa shape index (κ2) is 8.97. The predicted molar refractivity (Wildman–Crippen MR) is 98.2 cm³/mol. The number of hydrogen-bond donors (Lipinski definition) is 2. The van der Waals surface area contributed by atoms with Gasteiger partial charge in [0.25, 0.3) is 5.91 Å². The van der Waals surface area contributed by atoms with Gasteiger partial charge < -0.3 is 15.4 Å². The first-order valence-corrected chi connectivity index (χ1v) is 9.21. The van der Waals surface area contributed by atoms with E-state index in [0.717, 1.165) is 49.9 Å². The molecule has 1 saturated carbocycles. The maximum Gasteiger partial charge on any atom is 0.416 e. The Morgan fingerprint density at radius 3 is 2.48 bits per heavy atom. The lowest BCUT2D eigenvalue weighted by molar-refractivity contribution is -0.137. The highest BCUT2D eigenvalue weighted by Gasteiger charge is 2.30. The average molecular weight is 410 g/mol. The number of ether oxygens (including phenoxy) is 1. The number of aromatic nitrogens is 2. The molecular weight excluding hydrogens is 389 g/mol. The smallest absolute Gasteiger partial charge is 0.416 e. The van der Waals surface area contributed by atoms with Crippen LogP contribution < -0.4 is 15.4 Å². The van der Waals surface area contributed by atoms with Crippen molar-refractivity contribution in [3.8, 4) is 5.75 Å². The van der Waals surface area contributed by atoms with Gasteiger partial charge in [-0.15, -0.1) is 0 Å². The zero-order chi connectivity index (χ0) is 20.9. The summed E-state index contributed by atoms with van der Waals surface area (Å²) in [6.45, 7) is -0.326. The van der Waals surface area contributed by atoms with E-state index in [2.05, 4.69) is 15.7 Å². The lowest BCUT2D eigenvalue weighted by atomic mass is 10.2. The molecule has 0 atom stereocenters. The Morgan fingerprint density at radius 2 is 1.83 bits per heavy atom. The minimum Gasteiger partial charge on any atom is -0.484 e. The highest BCUT2D eigenvalue weighted by atomic mass is 19.4. The maximum absolute atomic E-state index is 12.5. The van der Waals surface area contributed by atoms with Gasteiger partial charge in [0.05, 0.1) is 17.4 Å². The van der Waals surface area contributed by atoms with Gasteiger partial charge in [0.15, 0.2) is 6.61 Å². The number of anilines is 1. The average Bonchev–Trinajstić information content (AvgIpc) is 3.32. The van der Waals surface area contributed by atoms with E-state index in [9.17, 15) is 22.8 Å². The van der Waals surface area contributed by atoms with E-state index in [-0.39, 0.29) is 30.9 Å². The molecule has 1 aliphatic rings. The number of carbonyl (C=O) groups excluding carboxylic acids is 2. The molecule has 0 saturated heterocycles. The fourth-order valence-corrected chi connectivity index (χ4v) is 3.09. The van der Waals surface area contributed by atoms with E-state index < -0.39 is 17.6 Å². The van der Waals surface area contributed by atoms with Gasteiger partial charge in [0, 0.05) is 12.2 Å². The molecule has 7 nitrogen and oxygen atoms in total. The zero-order valence-corrected chi connectivity index (χ0v) is 15.5. The monoisotopic (exact) mass is 410 g/mol. The molecule has 0 aliphatic heterocycles. The Labute approximate surface area is 165 Å². The van der Waals surface area contributed by atoms with Gasteiger partial charge >= 0.3 is 6.18 Å². The predicted octanol–water partition coefficient (Wildman–Crippen LogP) is 2.98. The van der Waals surface area contributed by atoms with Crippen LogP contribution in [0.5, 0.6) is 5.75 Å². The fraction of sp³-hybridized carbons (Fsp3) is 0.421. The molecule has 29 heavy (non-hydrogen) atoms. The number of nitrogens with one attached hydrogen (secondary N) is 2. The molecule has 1 fully saturated rings. The zero-order valence-electron chi connectivity index (χ0n) is 15.5. The number of amides is 2. The molecule has 3 rings (SSSR count). The molecule has 2 N–H and O–H groups in total. The van der Waals surface area contributed by atoms with Crippen LogP contribution in [0.2, 0.25) is 0 Å². The summed E-state index contributed by atoms with van der Waals surface area (Å²) >= 11 is 0. The van der Waals surface area contributed by atoms with Gasteiger partial charge in [-0.05, 0) is 37.1 Å². The standard InChI is InChI=1S/C19H21F3N4O3/c20-19(21,22)13-5-7-16(8-6-13)29-12-18(28)25-15-9-23-26(10-15)11-17(27)24-14-3-1-2-4-14/h5-10,14H,1-4,11-12H2,(H,24,27)(H,25,28). The van der Waals surface area contributed by atoms with E-state index >= 15 is 0 Å². The number of rotatable bonds is 7. The first-order valence-electron chi connectivity index (χ1n) is 9.21. The summed E-state index contributed by atoms with van der Waals surface area (Å²) in [7, 11) is 0. The van der Waals surface area contributed by atoms with Gasteiger partial charge in [-0.25, -0.2) is 0 Å². The quantitative estimate of drug-likeness (QED) is 0.735. The van der Waals surface area contributed by atoms with Crippen LogP contribution in [0, 0.1) is 0 Å². The summed E-state index contributed by atoms with van der Waals surface area (Å²) in [4.78, 5) is 23.9. The van der Waals surface area contributed by atoms with E-state index in [0.29, 0.717) is 5.69 Å². The fourth-order valence-electron chi connectivity index (χ4n) is 3.09. The van der Waals surface area contributed by atoms with Crippen molar-refractivity contribution in [3.05, 3.63) is 42.2 Å². The number of benzene rings is 1. The number of nitrogens with zero attached hydrogens (tertiary/aromatic N) is 2. The molecule has 0 radical (unpaired) electrons. The number of carbonyl (C=O) groups is 2. The van der Waals surface area contributed by atoms with Crippen LogP contribution >= 0.6 is 0 Å². The highest BCUT2D eigenvalue weighted by Crippen LogP contribution is 2.30. The molecule has 1 aromatic carbocycles. The molecule has 0 spiro atoms. The van der Waals surface area contributed by atoms with Gasteiger partial charge in [0.1, 0.15) is 12.3 Å². The third kappa shape index (κ3) is 6.23. The molecule has 1 heterocycles. The van der Waals surface area contributed by atoms with Crippen LogP contribution in [0.15, 0.2) is 36.7 Å². The molecule has 1 aliphatic carbocycles. The summed E-state index contributed by atoms with van der Waals surface area (Å²) in [6.07, 6.45) is 2.72. The second-order valence-electron chi connectivity index (χ2n) is 6.83. The number of halogens is 3. The van der Waals surface area contributed by atoms with Gasteiger partial charge in [-0.2, -0.15) is 18.3 Å². The molecule has 10 heteroatoms. The van der Waals surface area contributed by atoms with E-state index in [1.54, 1.807) is 0 Å². The van der Waals surface area contributed by atoms with Gasteiger partial charge in [0.2, 0.25) is 5.91 Å². The molecule has 0 unspecified atom stereocenters. The largest absolute Gasteiger partial charge is 0.484 e. The molecule has 0 bridgehead atoms. The van der Waals surface area contributed by atoms with Crippen molar-refractivity contribution < 1.29 is 27.5 Å². The molecule has 1 aromatic heterocycles. The third-order valence-electron chi connectivity index (χ3n) is 4.49. The summed E-state index contributed by atoms with van der Waals surface area (Å²) < 4.78 is 44.2. The topological polar surface area (TPSA) is 85.2 Å². The van der Waals surface area contributed by atoms with E-state index in [1.165, 1.54) is 17.1 Å². The summed E-state index contributed by atoms with van der Waals surface area (Å²) in [6, 6.07) is 4.29. The van der Waals surface area contributed by atoms with Crippen molar-refractivity contribution in [2.45, 2.75) is 44.4 Å². The Hall–Kier alpha value is -3.04. The van der Waals surface area contributed by atoms with Crippen molar-refractivity contribution in [2.24, 2.45) is 0 Å². The van der Waals surface area contributed by atoms with Gasteiger partial charge in [-0.3, -0.25) is 14.3 Å². The Kier molecular flexibility index (Phi) is 6.40. The number of hydrogen-bond acceptors (Lipinski definition) is 4. The van der Waals surface area contributed by atoms with Crippen LogP contribution in [0.1, 0.15) is 31.2 Å². The Bertz CT molecular complexity index is 843. The first-order chi connectivity index (χ1) is 13.8. The lowest BCUT2D eigenvalue weighted by Gasteiger charge is -2.11. The van der Waals surface area contributed by atoms with Crippen molar-refractivity contribution in [1.29, 1.82) is 0 Å². The maximum atomic E-state index is 12.5. The highest BCUT2D eigenvalue weighted by molar-refractivity contribution is 5.91. The Balaban J connectivity index is 1.43. The van der Waals surface area contributed by atoms with Crippen LogP contribution in [0.25, 0.3) is 0 Å². The minimum atomic E-state index is -4.43. The SMILES string of the molecule is O=C(COc1ccc(C(F)(F)F)cc1)Nc1cnn(CC(=O)NC2CCCC2)c1. The first kappa shape index (κ1) is 20.7. The summed E-state index contributed by atoms with van der Waals surface area (Å²) in [5, 5.41) is 9.54. The van der Waals surface area contributed by atoms with Crippen molar-refractivity contribution in [3.63, 3.8) is 0 Å². The number of alkyl halides is 3. The molecule has 2 amide bonds. The summed E-state index contributed by atoms with van der Waals surface area (Å²) in [5.41, 5.74) is -0.404. The van der Waals surface area contributed by atoms with Gasteiger partial charge in [-0.1, -0.05) is 12.8 Å². The second-order valence-corrected chi connectivity index (χ2v) is 6.83. The van der Waals surface area contributed by atoms with Crippen LogP contribution in [0.3, 0.4) is 0 Å². The minimum absolute atomic E-state index is 0.0500. The van der Waals surface area contributed by atoms with Crippen molar-refractivity contribution in [1.82, 2.24) is 15.1 Å². The van der Waals surface area contributed by atoms with Crippen molar-refractivity contribution >= 4 is 17.5 Å². The normalized spacial score (nSPS) is 14.6. The molecule has 156 valence electrons. The van der Waals surface area contributed by atoms with E-state index in [1.807, 2.05) is 0 Å². The van der Waals surface area contributed by atoms with Crippen LogP contribution in [-0.4, -0.2) is 34.2 Å². The molecular formula is C19H21F3N4O3. The van der Waals surface area contributed by atoms with Crippen LogP contribution in [-0.2, 0) is 22.3 Å². The summed E-state index contributed by atoms with van der Waals surface area (Å²) in [5.74, 6) is -0.490. The molecule has 2 aromatic rings. The van der Waals surface area contributed by atoms with E-state index in [4.69, 9.17) is 4.74 Å². The van der Waals surface area contributed by atoms with Crippen LogP contribution in [0.4, 0.5) is 18.9 Å². The Morgan fingerprint density at radius 1 is 1.14 bits per heavy atom. The lowest BCUT2D eigenvalue weighted by Crippen LogP contribution is -2.35. The van der Waals surface area contributed by atoms with Crippen molar-refractivity contribution in [2.75, 3.05) is 11.9 Å².